The molecule has 2 aromatic carbocycles. The lowest BCUT2D eigenvalue weighted by Crippen LogP contribution is -2.24. The second kappa shape index (κ2) is 6.97. The van der Waals surface area contributed by atoms with Gasteiger partial charge in [-0.25, -0.2) is 0 Å². The Labute approximate surface area is 127 Å². The number of rotatable bonds is 5. The van der Waals surface area contributed by atoms with E-state index in [0.29, 0.717) is 19.5 Å². The fraction of sp³-hybridized carbons (Fsp3) is 0.188. The summed E-state index contributed by atoms with van der Waals surface area (Å²) in [7, 11) is 0. The SMILES string of the molecule is N#CCCN(Cc1c(N)cccc1Br)c1ccccc1. The number of anilines is 2. The van der Waals surface area contributed by atoms with Crippen molar-refractivity contribution in [1.29, 1.82) is 5.26 Å². The summed E-state index contributed by atoms with van der Waals surface area (Å²) in [6.45, 7) is 1.36. The van der Waals surface area contributed by atoms with E-state index in [1.165, 1.54) is 0 Å². The van der Waals surface area contributed by atoms with E-state index in [4.69, 9.17) is 11.0 Å². The van der Waals surface area contributed by atoms with Crippen LogP contribution < -0.4 is 10.6 Å². The third-order valence-electron chi connectivity index (χ3n) is 3.12. The van der Waals surface area contributed by atoms with Crippen molar-refractivity contribution in [2.45, 2.75) is 13.0 Å². The number of nitrogens with zero attached hydrogens (tertiary/aromatic N) is 2. The van der Waals surface area contributed by atoms with Crippen molar-refractivity contribution in [3.63, 3.8) is 0 Å². The standard InChI is InChI=1S/C16H16BrN3/c17-15-8-4-9-16(19)14(15)12-20(11-5-10-18)13-6-2-1-3-7-13/h1-4,6-9H,5,11-12,19H2. The fourth-order valence-corrected chi connectivity index (χ4v) is 2.56. The Hall–Kier alpha value is -1.99. The van der Waals surface area contributed by atoms with Crippen molar-refractivity contribution in [2.24, 2.45) is 0 Å². The highest BCUT2D eigenvalue weighted by Crippen LogP contribution is 2.26. The molecule has 2 aromatic rings. The van der Waals surface area contributed by atoms with Crippen LogP contribution in [-0.4, -0.2) is 6.54 Å². The predicted molar refractivity (Wildman–Crippen MR) is 86.3 cm³/mol. The molecule has 0 fully saturated rings. The summed E-state index contributed by atoms with van der Waals surface area (Å²) in [5.74, 6) is 0. The van der Waals surface area contributed by atoms with Crippen LogP contribution in [0.3, 0.4) is 0 Å². The van der Waals surface area contributed by atoms with E-state index in [-0.39, 0.29) is 0 Å². The molecule has 0 atom stereocenters. The highest BCUT2D eigenvalue weighted by atomic mass is 79.9. The second-order valence-corrected chi connectivity index (χ2v) is 5.33. The van der Waals surface area contributed by atoms with Crippen molar-refractivity contribution in [1.82, 2.24) is 0 Å². The molecule has 0 aromatic heterocycles. The van der Waals surface area contributed by atoms with E-state index in [1.807, 2.05) is 48.5 Å². The smallest absolute Gasteiger partial charge is 0.0640 e. The minimum absolute atomic E-state index is 0.485. The Morgan fingerprint density at radius 3 is 2.50 bits per heavy atom. The monoisotopic (exact) mass is 329 g/mol. The van der Waals surface area contributed by atoms with Crippen LogP contribution in [0.1, 0.15) is 12.0 Å². The normalized spacial score (nSPS) is 10.0. The van der Waals surface area contributed by atoms with Gasteiger partial charge in [-0.3, -0.25) is 0 Å². The molecule has 0 spiro atoms. The fourth-order valence-electron chi connectivity index (χ4n) is 2.06. The van der Waals surface area contributed by atoms with Crippen LogP contribution in [0.4, 0.5) is 11.4 Å². The Kier molecular flexibility index (Phi) is 5.03. The highest BCUT2D eigenvalue weighted by Gasteiger charge is 2.11. The Morgan fingerprint density at radius 2 is 1.85 bits per heavy atom. The molecule has 0 saturated heterocycles. The van der Waals surface area contributed by atoms with Crippen molar-refractivity contribution in [3.05, 3.63) is 58.6 Å². The van der Waals surface area contributed by atoms with Gasteiger partial charge in [-0.05, 0) is 24.3 Å². The molecule has 20 heavy (non-hydrogen) atoms. The number of nitrogens with two attached hydrogens (primary N) is 1. The molecule has 0 amide bonds. The summed E-state index contributed by atoms with van der Waals surface area (Å²) in [5, 5.41) is 8.83. The molecule has 0 aliphatic carbocycles. The molecule has 0 radical (unpaired) electrons. The van der Waals surface area contributed by atoms with Gasteiger partial charge in [-0.2, -0.15) is 5.26 Å². The average molecular weight is 330 g/mol. The van der Waals surface area contributed by atoms with E-state index in [2.05, 4.69) is 26.9 Å². The molecule has 0 aliphatic rings. The average Bonchev–Trinajstić information content (AvgIpc) is 2.47. The molecule has 0 aliphatic heterocycles. The molecular weight excluding hydrogens is 314 g/mol. The zero-order valence-corrected chi connectivity index (χ0v) is 12.7. The summed E-state index contributed by atoms with van der Waals surface area (Å²) in [6.07, 6.45) is 0.485. The van der Waals surface area contributed by atoms with Crippen LogP contribution in [0.25, 0.3) is 0 Å². The molecule has 0 bridgehead atoms. The van der Waals surface area contributed by atoms with Crippen LogP contribution >= 0.6 is 15.9 Å². The van der Waals surface area contributed by atoms with Crippen LogP contribution in [0.2, 0.25) is 0 Å². The van der Waals surface area contributed by atoms with Gasteiger partial charge in [0, 0.05) is 34.5 Å². The first-order valence-corrected chi connectivity index (χ1v) is 7.21. The zero-order valence-electron chi connectivity index (χ0n) is 11.1. The van der Waals surface area contributed by atoms with Crippen molar-refractivity contribution in [2.75, 3.05) is 17.2 Å². The van der Waals surface area contributed by atoms with Gasteiger partial charge in [0.1, 0.15) is 0 Å². The van der Waals surface area contributed by atoms with Gasteiger partial charge in [0.25, 0.3) is 0 Å². The number of nitriles is 1. The maximum absolute atomic E-state index is 8.83. The highest BCUT2D eigenvalue weighted by molar-refractivity contribution is 9.10. The Morgan fingerprint density at radius 1 is 1.10 bits per heavy atom. The van der Waals surface area contributed by atoms with E-state index in [0.717, 1.165) is 21.4 Å². The molecule has 0 unspecified atom stereocenters. The Balaban J connectivity index is 2.27. The van der Waals surface area contributed by atoms with Gasteiger partial charge < -0.3 is 10.6 Å². The third kappa shape index (κ3) is 3.52. The van der Waals surface area contributed by atoms with E-state index in [1.54, 1.807) is 0 Å². The summed E-state index contributed by atoms with van der Waals surface area (Å²) in [5.41, 5.74) is 8.96. The largest absolute Gasteiger partial charge is 0.398 e. The van der Waals surface area contributed by atoms with Gasteiger partial charge >= 0.3 is 0 Å². The predicted octanol–water partition coefficient (Wildman–Crippen LogP) is 3.95. The molecule has 4 heteroatoms. The summed E-state index contributed by atoms with van der Waals surface area (Å²) in [6, 6.07) is 18.1. The lowest BCUT2D eigenvalue weighted by Gasteiger charge is -2.25. The van der Waals surface area contributed by atoms with Crippen LogP contribution in [-0.2, 0) is 6.54 Å². The number of benzene rings is 2. The maximum atomic E-state index is 8.83. The van der Waals surface area contributed by atoms with Gasteiger partial charge in [0.05, 0.1) is 12.5 Å². The first kappa shape index (κ1) is 14.4. The summed E-state index contributed by atoms with van der Waals surface area (Å²) >= 11 is 3.54. The summed E-state index contributed by atoms with van der Waals surface area (Å²) in [4.78, 5) is 2.17. The molecule has 3 nitrogen and oxygen atoms in total. The van der Waals surface area contributed by atoms with Gasteiger partial charge in [-0.1, -0.05) is 40.2 Å². The molecule has 102 valence electrons. The third-order valence-corrected chi connectivity index (χ3v) is 3.86. The lowest BCUT2D eigenvalue weighted by atomic mass is 10.1. The number of nitrogen functional groups attached to an aromatic ring is 1. The number of para-hydroxylation sites is 1. The first-order valence-electron chi connectivity index (χ1n) is 6.42. The molecule has 0 saturated carbocycles. The van der Waals surface area contributed by atoms with E-state index in [9.17, 15) is 0 Å². The van der Waals surface area contributed by atoms with Gasteiger partial charge in [0.2, 0.25) is 0 Å². The number of hydrogen-bond donors (Lipinski definition) is 1. The van der Waals surface area contributed by atoms with Crippen molar-refractivity contribution >= 4 is 27.3 Å². The zero-order chi connectivity index (χ0) is 14.4. The van der Waals surface area contributed by atoms with Crippen LogP contribution in [0.15, 0.2) is 53.0 Å². The Bertz CT molecular complexity index is 585. The quantitative estimate of drug-likeness (QED) is 0.845. The first-order chi connectivity index (χ1) is 9.72. The van der Waals surface area contributed by atoms with Crippen molar-refractivity contribution < 1.29 is 0 Å². The summed E-state index contributed by atoms with van der Waals surface area (Å²) < 4.78 is 0.996. The molecule has 0 heterocycles. The topological polar surface area (TPSA) is 53.0 Å². The minimum Gasteiger partial charge on any atom is -0.398 e. The maximum Gasteiger partial charge on any atom is 0.0640 e. The molecular formula is C16H16BrN3. The van der Waals surface area contributed by atoms with Crippen LogP contribution in [0, 0.1) is 11.3 Å². The molecule has 2 rings (SSSR count). The lowest BCUT2D eigenvalue weighted by molar-refractivity contribution is 0.797. The van der Waals surface area contributed by atoms with Crippen LogP contribution in [0.5, 0.6) is 0 Å². The van der Waals surface area contributed by atoms with Crippen molar-refractivity contribution in [3.8, 4) is 6.07 Å². The molecule has 2 N–H and O–H groups in total. The van der Waals surface area contributed by atoms with E-state index < -0.39 is 0 Å². The minimum atomic E-state index is 0.485. The number of hydrogen-bond acceptors (Lipinski definition) is 3. The van der Waals surface area contributed by atoms with Gasteiger partial charge in [-0.15, -0.1) is 0 Å². The number of halogens is 1. The van der Waals surface area contributed by atoms with E-state index >= 15 is 0 Å². The second-order valence-electron chi connectivity index (χ2n) is 4.47. The van der Waals surface area contributed by atoms with Gasteiger partial charge in [0.15, 0.2) is 0 Å².